The lowest BCUT2D eigenvalue weighted by atomic mass is 9.70. The maximum Gasteiger partial charge on any atom is 0.0604 e. The minimum atomic E-state index is 0.637. The van der Waals surface area contributed by atoms with Crippen LogP contribution in [-0.2, 0) is 0 Å². The molecule has 2 aliphatic carbocycles. The summed E-state index contributed by atoms with van der Waals surface area (Å²) >= 11 is 0. The summed E-state index contributed by atoms with van der Waals surface area (Å²) in [6.07, 6.45) is 9.00. The molecule has 0 spiro atoms. The van der Waals surface area contributed by atoms with E-state index < -0.39 is 0 Å². The summed E-state index contributed by atoms with van der Waals surface area (Å²) in [6, 6.07) is 0. The first-order valence-corrected chi connectivity index (χ1v) is 5.12. The molecule has 2 aliphatic rings. The summed E-state index contributed by atoms with van der Waals surface area (Å²) in [5.74, 6) is 1.48. The molecule has 12 heavy (non-hydrogen) atoms. The first-order chi connectivity index (χ1) is 5.92. The van der Waals surface area contributed by atoms with Crippen molar-refractivity contribution >= 4 is 5.71 Å². The predicted octanol–water partition coefficient (Wildman–Crippen LogP) is 2.81. The molecular formula is C10H17NO. The van der Waals surface area contributed by atoms with Gasteiger partial charge >= 0.3 is 0 Å². The zero-order chi connectivity index (χ0) is 8.39. The van der Waals surface area contributed by atoms with Crippen LogP contribution in [0, 0.1) is 11.8 Å². The number of nitrogens with zero attached hydrogens (tertiary/aromatic N) is 1. The van der Waals surface area contributed by atoms with E-state index in [9.17, 15) is 0 Å². The molecule has 2 fully saturated rings. The maximum atomic E-state index is 8.82. The highest BCUT2D eigenvalue weighted by Crippen LogP contribution is 2.38. The van der Waals surface area contributed by atoms with Gasteiger partial charge in [0.05, 0.1) is 5.71 Å². The Kier molecular flexibility index (Phi) is 2.33. The molecule has 0 aromatic rings. The lowest BCUT2D eigenvalue weighted by Gasteiger charge is -2.35. The second-order valence-corrected chi connectivity index (χ2v) is 4.13. The van der Waals surface area contributed by atoms with Crippen LogP contribution >= 0.6 is 0 Å². The molecule has 0 aromatic heterocycles. The highest BCUT2D eigenvalue weighted by atomic mass is 16.4. The van der Waals surface area contributed by atoms with E-state index >= 15 is 0 Å². The predicted molar refractivity (Wildman–Crippen MR) is 48.5 cm³/mol. The molecule has 2 atom stereocenters. The van der Waals surface area contributed by atoms with E-state index in [0.717, 1.165) is 18.1 Å². The van der Waals surface area contributed by atoms with Gasteiger partial charge in [-0.15, -0.1) is 0 Å². The standard InChI is InChI=1S/C10H17NO/c12-11-10-7-3-5-8-4-1-2-6-9(8)10/h8-9,12H,1-7H2/b11-10+. The number of hydrogen-bond acceptors (Lipinski definition) is 2. The average molecular weight is 167 g/mol. The van der Waals surface area contributed by atoms with Crippen LogP contribution in [-0.4, -0.2) is 10.9 Å². The van der Waals surface area contributed by atoms with Crippen LogP contribution in [0.25, 0.3) is 0 Å². The monoisotopic (exact) mass is 167 g/mol. The van der Waals surface area contributed by atoms with E-state index in [1.165, 1.54) is 38.5 Å². The van der Waals surface area contributed by atoms with Gasteiger partial charge in [-0.05, 0) is 38.0 Å². The Bertz CT molecular complexity index is 186. The summed E-state index contributed by atoms with van der Waals surface area (Å²) in [7, 11) is 0. The van der Waals surface area contributed by atoms with Crippen LogP contribution in [0.2, 0.25) is 0 Å². The highest BCUT2D eigenvalue weighted by molar-refractivity contribution is 5.87. The van der Waals surface area contributed by atoms with Crippen molar-refractivity contribution in [1.29, 1.82) is 0 Å². The zero-order valence-corrected chi connectivity index (χ0v) is 7.50. The second-order valence-electron chi connectivity index (χ2n) is 4.13. The van der Waals surface area contributed by atoms with Crippen molar-refractivity contribution < 1.29 is 5.21 Å². The van der Waals surface area contributed by atoms with Crippen LogP contribution in [0.3, 0.4) is 0 Å². The fourth-order valence-electron chi connectivity index (χ4n) is 2.85. The van der Waals surface area contributed by atoms with Crippen LogP contribution in [0.15, 0.2) is 5.16 Å². The van der Waals surface area contributed by atoms with Crippen molar-refractivity contribution in [3.05, 3.63) is 0 Å². The Morgan fingerprint density at radius 3 is 2.67 bits per heavy atom. The van der Waals surface area contributed by atoms with Gasteiger partial charge in [0.25, 0.3) is 0 Å². The van der Waals surface area contributed by atoms with E-state index in [1.54, 1.807) is 0 Å². The summed E-state index contributed by atoms with van der Waals surface area (Å²) in [5.41, 5.74) is 1.09. The van der Waals surface area contributed by atoms with E-state index in [0.29, 0.717) is 5.92 Å². The molecule has 2 heteroatoms. The van der Waals surface area contributed by atoms with Gasteiger partial charge in [0.1, 0.15) is 0 Å². The second kappa shape index (κ2) is 3.46. The number of oxime groups is 1. The van der Waals surface area contributed by atoms with Gasteiger partial charge in [-0.1, -0.05) is 18.0 Å². The summed E-state index contributed by atoms with van der Waals surface area (Å²) in [4.78, 5) is 0. The fourth-order valence-corrected chi connectivity index (χ4v) is 2.85. The Morgan fingerprint density at radius 2 is 1.83 bits per heavy atom. The van der Waals surface area contributed by atoms with E-state index in [-0.39, 0.29) is 0 Å². The third-order valence-corrected chi connectivity index (χ3v) is 3.47. The van der Waals surface area contributed by atoms with Crippen molar-refractivity contribution in [3.63, 3.8) is 0 Å². The molecule has 0 radical (unpaired) electrons. The van der Waals surface area contributed by atoms with Crippen molar-refractivity contribution in [1.82, 2.24) is 0 Å². The number of hydrogen-bond donors (Lipinski definition) is 1. The molecule has 2 unspecified atom stereocenters. The molecule has 2 saturated carbocycles. The van der Waals surface area contributed by atoms with Gasteiger partial charge in [0.2, 0.25) is 0 Å². The molecular weight excluding hydrogens is 150 g/mol. The Balaban J connectivity index is 2.09. The quantitative estimate of drug-likeness (QED) is 0.436. The summed E-state index contributed by atoms with van der Waals surface area (Å²) in [5, 5.41) is 12.3. The fraction of sp³-hybridized carbons (Fsp3) is 0.900. The van der Waals surface area contributed by atoms with Gasteiger partial charge in [-0.25, -0.2) is 0 Å². The Morgan fingerprint density at radius 1 is 1.08 bits per heavy atom. The smallest absolute Gasteiger partial charge is 0.0604 e. The van der Waals surface area contributed by atoms with Gasteiger partial charge in [-0.2, -0.15) is 0 Å². The van der Waals surface area contributed by atoms with E-state index in [4.69, 9.17) is 5.21 Å². The topological polar surface area (TPSA) is 32.6 Å². The SMILES string of the molecule is O/N=C1\CCCC2CCCCC12. The first-order valence-electron chi connectivity index (χ1n) is 5.12. The van der Waals surface area contributed by atoms with Crippen molar-refractivity contribution in [2.24, 2.45) is 17.0 Å². The van der Waals surface area contributed by atoms with E-state index in [2.05, 4.69) is 5.16 Å². The summed E-state index contributed by atoms with van der Waals surface area (Å²) in [6.45, 7) is 0. The van der Waals surface area contributed by atoms with Crippen molar-refractivity contribution in [2.75, 3.05) is 0 Å². The van der Waals surface area contributed by atoms with Gasteiger partial charge in [0.15, 0.2) is 0 Å². The summed E-state index contributed by atoms with van der Waals surface area (Å²) < 4.78 is 0. The van der Waals surface area contributed by atoms with Crippen LogP contribution in [0.1, 0.15) is 44.9 Å². The highest BCUT2D eigenvalue weighted by Gasteiger charge is 2.32. The Hall–Kier alpha value is -0.530. The molecule has 2 nitrogen and oxygen atoms in total. The van der Waals surface area contributed by atoms with Crippen LogP contribution < -0.4 is 0 Å². The van der Waals surface area contributed by atoms with Crippen molar-refractivity contribution in [3.8, 4) is 0 Å². The molecule has 0 bridgehead atoms. The number of rotatable bonds is 0. The van der Waals surface area contributed by atoms with Gasteiger partial charge < -0.3 is 5.21 Å². The molecule has 0 saturated heterocycles. The molecule has 68 valence electrons. The number of fused-ring (bicyclic) bond motifs is 1. The third kappa shape index (κ3) is 1.35. The maximum absolute atomic E-state index is 8.82. The average Bonchev–Trinajstić information content (AvgIpc) is 2.17. The minimum absolute atomic E-state index is 0.637. The van der Waals surface area contributed by atoms with E-state index in [1.807, 2.05) is 0 Å². The molecule has 0 amide bonds. The lowest BCUT2D eigenvalue weighted by Crippen LogP contribution is -2.31. The van der Waals surface area contributed by atoms with Gasteiger partial charge in [-0.3, -0.25) is 0 Å². The van der Waals surface area contributed by atoms with Crippen LogP contribution in [0.5, 0.6) is 0 Å². The minimum Gasteiger partial charge on any atom is -0.411 e. The molecule has 1 N–H and O–H groups in total. The first kappa shape index (κ1) is 8.09. The third-order valence-electron chi connectivity index (χ3n) is 3.47. The lowest BCUT2D eigenvalue weighted by molar-refractivity contribution is 0.243. The Labute approximate surface area is 73.7 Å². The molecule has 0 aromatic carbocycles. The zero-order valence-electron chi connectivity index (χ0n) is 7.50. The molecule has 0 aliphatic heterocycles. The van der Waals surface area contributed by atoms with Gasteiger partial charge in [0, 0.05) is 5.92 Å². The molecule has 2 rings (SSSR count). The largest absolute Gasteiger partial charge is 0.411 e. The normalized spacial score (nSPS) is 39.5. The molecule has 0 heterocycles. The van der Waals surface area contributed by atoms with Crippen molar-refractivity contribution in [2.45, 2.75) is 44.9 Å². The van der Waals surface area contributed by atoms with Crippen LogP contribution in [0.4, 0.5) is 0 Å².